The van der Waals surface area contributed by atoms with Crippen LogP contribution in [0.15, 0.2) is 23.2 Å². The number of likely N-dealkylation sites (N-methyl/N-ethyl adjacent to an activating group) is 1. The molecule has 10 heteroatoms. The first-order valence-electron chi connectivity index (χ1n) is 9.94. The van der Waals surface area contributed by atoms with Gasteiger partial charge in [-0.05, 0) is 31.9 Å². The molecule has 1 aliphatic heterocycles. The first-order valence-corrected chi connectivity index (χ1v) is 9.94. The van der Waals surface area contributed by atoms with Crippen LogP contribution in [0.2, 0.25) is 0 Å². The highest BCUT2D eigenvalue weighted by molar-refractivity contribution is 14.0. The molecule has 1 aliphatic rings. The average Bonchev–Trinajstić information content (AvgIpc) is 3.13. The fourth-order valence-electron chi connectivity index (χ4n) is 3.03. The number of hydrogen-bond donors (Lipinski definition) is 2. The van der Waals surface area contributed by atoms with Gasteiger partial charge in [0.25, 0.3) is 0 Å². The van der Waals surface area contributed by atoms with Gasteiger partial charge in [0.1, 0.15) is 23.9 Å². The molecule has 1 fully saturated rings. The molecule has 0 spiro atoms. The molecule has 0 bridgehead atoms. The van der Waals surface area contributed by atoms with Crippen molar-refractivity contribution in [3.05, 3.63) is 29.8 Å². The zero-order chi connectivity index (χ0) is 21.2. The number of guanidine groups is 1. The molecule has 1 saturated heterocycles. The predicted octanol–water partition coefficient (Wildman–Crippen LogP) is 2.21. The number of aliphatic imine (C=N–C) groups is 1. The fraction of sp³-hybridized carbons (Fsp3) is 0.600. The van der Waals surface area contributed by atoms with E-state index in [1.54, 1.807) is 19.0 Å². The average molecular weight is 539 g/mol. The lowest BCUT2D eigenvalue weighted by molar-refractivity contribution is -0.127. The van der Waals surface area contributed by atoms with E-state index in [-0.39, 0.29) is 48.2 Å². The summed E-state index contributed by atoms with van der Waals surface area (Å²) in [6.45, 7) is 4.88. The van der Waals surface area contributed by atoms with Crippen LogP contribution >= 0.6 is 24.0 Å². The number of nitrogens with zero attached hydrogens (tertiary/aromatic N) is 3. The molecule has 30 heavy (non-hydrogen) atoms. The zero-order valence-corrected chi connectivity index (χ0v) is 20.1. The van der Waals surface area contributed by atoms with Crippen molar-refractivity contribution in [3.63, 3.8) is 0 Å². The Hall–Kier alpha value is -1.69. The van der Waals surface area contributed by atoms with Crippen molar-refractivity contribution in [2.45, 2.75) is 25.8 Å². The number of benzene rings is 1. The fourth-order valence-corrected chi connectivity index (χ4v) is 3.03. The molecule has 1 unspecified atom stereocenters. The summed E-state index contributed by atoms with van der Waals surface area (Å²) in [7, 11) is 3.36. The van der Waals surface area contributed by atoms with Gasteiger partial charge < -0.3 is 25.2 Å². The molecule has 1 amide bonds. The number of halogens is 3. The Morgan fingerprint density at radius 2 is 2.03 bits per heavy atom. The molecule has 170 valence electrons. The maximum atomic E-state index is 14.1. The first-order chi connectivity index (χ1) is 13.9. The van der Waals surface area contributed by atoms with Gasteiger partial charge in [-0.15, -0.1) is 24.0 Å². The van der Waals surface area contributed by atoms with Crippen LogP contribution in [0.3, 0.4) is 0 Å². The minimum atomic E-state index is -0.565. The van der Waals surface area contributed by atoms with Gasteiger partial charge in [-0.3, -0.25) is 4.79 Å². The number of amides is 1. The van der Waals surface area contributed by atoms with Gasteiger partial charge in [-0.1, -0.05) is 6.07 Å². The van der Waals surface area contributed by atoms with Crippen molar-refractivity contribution in [2.75, 3.05) is 58.4 Å². The number of carbonyl (C=O) groups is 1. The van der Waals surface area contributed by atoms with Crippen LogP contribution < -0.4 is 15.5 Å². The van der Waals surface area contributed by atoms with Gasteiger partial charge in [-0.2, -0.15) is 0 Å². The lowest BCUT2D eigenvalue weighted by atomic mass is 10.2. The van der Waals surface area contributed by atoms with Crippen LogP contribution in [0.4, 0.5) is 14.5 Å². The predicted molar refractivity (Wildman–Crippen MR) is 126 cm³/mol. The van der Waals surface area contributed by atoms with Crippen LogP contribution in [-0.2, 0) is 9.53 Å². The molecular weight excluding hydrogens is 507 g/mol. The van der Waals surface area contributed by atoms with E-state index in [1.807, 2.05) is 6.92 Å². The van der Waals surface area contributed by atoms with Crippen molar-refractivity contribution in [1.29, 1.82) is 0 Å². The largest absolute Gasteiger partial charge is 0.382 e. The summed E-state index contributed by atoms with van der Waals surface area (Å²) in [6.07, 6.45) is 1.50. The maximum Gasteiger partial charge on any atom is 0.243 e. The molecule has 1 atom stereocenters. The van der Waals surface area contributed by atoms with E-state index in [0.29, 0.717) is 45.2 Å². The molecule has 2 N–H and O–H groups in total. The molecule has 1 aromatic rings. The number of rotatable bonds is 9. The van der Waals surface area contributed by atoms with E-state index < -0.39 is 11.6 Å². The third-order valence-corrected chi connectivity index (χ3v) is 4.62. The van der Waals surface area contributed by atoms with Gasteiger partial charge in [0.15, 0.2) is 5.96 Å². The van der Waals surface area contributed by atoms with E-state index in [2.05, 4.69) is 15.6 Å². The van der Waals surface area contributed by atoms with Crippen molar-refractivity contribution in [2.24, 2.45) is 4.99 Å². The van der Waals surface area contributed by atoms with Crippen molar-refractivity contribution in [1.82, 2.24) is 15.5 Å². The maximum absolute atomic E-state index is 14.1. The lowest BCUT2D eigenvalue weighted by Crippen LogP contribution is -2.45. The van der Waals surface area contributed by atoms with Gasteiger partial charge >= 0.3 is 0 Å². The number of ether oxygens (including phenoxy) is 1. The minimum Gasteiger partial charge on any atom is -0.382 e. The highest BCUT2D eigenvalue weighted by atomic mass is 127. The van der Waals surface area contributed by atoms with Crippen molar-refractivity contribution >= 4 is 41.5 Å². The Morgan fingerprint density at radius 3 is 2.67 bits per heavy atom. The second kappa shape index (κ2) is 13.6. The van der Waals surface area contributed by atoms with Crippen LogP contribution in [-0.4, -0.2) is 76.3 Å². The topological polar surface area (TPSA) is 69.2 Å². The molecule has 1 aromatic carbocycles. The standard InChI is InChI=1S/C20H31F2N5O2.HI/c1-4-29-12-6-10-23-20(24-13-18(28)26(2)3)25-15-9-11-27(14-15)19-16(21)7-5-8-17(19)22;/h5,7-8,15H,4,6,9-14H2,1-3H3,(H2,23,24,25);1H. The third-order valence-electron chi connectivity index (χ3n) is 4.62. The van der Waals surface area contributed by atoms with E-state index in [1.165, 1.54) is 23.1 Å². The summed E-state index contributed by atoms with van der Waals surface area (Å²) in [4.78, 5) is 19.4. The molecule has 0 aromatic heterocycles. The highest BCUT2D eigenvalue weighted by Crippen LogP contribution is 2.26. The van der Waals surface area contributed by atoms with Crippen LogP contribution in [0.5, 0.6) is 0 Å². The Morgan fingerprint density at radius 1 is 1.33 bits per heavy atom. The van der Waals surface area contributed by atoms with Crippen LogP contribution in [0, 0.1) is 11.6 Å². The lowest BCUT2D eigenvalue weighted by Gasteiger charge is -2.21. The highest BCUT2D eigenvalue weighted by Gasteiger charge is 2.27. The minimum absolute atomic E-state index is 0. The Labute approximate surface area is 194 Å². The summed E-state index contributed by atoms with van der Waals surface area (Å²) in [5.74, 6) is -0.727. The number of anilines is 1. The smallest absolute Gasteiger partial charge is 0.243 e. The van der Waals surface area contributed by atoms with Crippen molar-refractivity contribution in [3.8, 4) is 0 Å². The number of para-hydroxylation sites is 1. The van der Waals surface area contributed by atoms with E-state index in [4.69, 9.17) is 4.74 Å². The van der Waals surface area contributed by atoms with Gasteiger partial charge in [0.05, 0.1) is 0 Å². The number of carbonyl (C=O) groups excluding carboxylic acids is 1. The SMILES string of the molecule is CCOCCCNC(=NCC(=O)N(C)C)NC1CCN(c2c(F)cccc2F)C1.I. The summed E-state index contributed by atoms with van der Waals surface area (Å²) >= 11 is 0. The first kappa shape index (κ1) is 26.3. The van der Waals surface area contributed by atoms with Crippen molar-refractivity contribution < 1.29 is 18.3 Å². The Bertz CT molecular complexity index is 686. The molecule has 0 saturated carbocycles. The Balaban J connectivity index is 0.00000450. The number of hydrogen-bond acceptors (Lipinski definition) is 4. The Kier molecular flexibility index (Phi) is 11.9. The molecule has 7 nitrogen and oxygen atoms in total. The molecular formula is C20H32F2IN5O2. The van der Waals surface area contributed by atoms with Crippen LogP contribution in [0.1, 0.15) is 19.8 Å². The summed E-state index contributed by atoms with van der Waals surface area (Å²) in [5, 5.41) is 6.48. The summed E-state index contributed by atoms with van der Waals surface area (Å²) < 4.78 is 33.4. The van der Waals surface area contributed by atoms with E-state index in [9.17, 15) is 13.6 Å². The third kappa shape index (κ3) is 8.21. The zero-order valence-electron chi connectivity index (χ0n) is 17.8. The number of nitrogens with one attached hydrogen (secondary N) is 2. The second-order valence-electron chi connectivity index (χ2n) is 7.08. The molecule has 0 aliphatic carbocycles. The monoisotopic (exact) mass is 539 g/mol. The molecule has 2 rings (SSSR count). The second-order valence-corrected chi connectivity index (χ2v) is 7.08. The van der Waals surface area contributed by atoms with Crippen LogP contribution in [0.25, 0.3) is 0 Å². The van der Waals surface area contributed by atoms with Gasteiger partial charge in [-0.25, -0.2) is 13.8 Å². The molecule has 1 heterocycles. The van der Waals surface area contributed by atoms with E-state index >= 15 is 0 Å². The molecule has 0 radical (unpaired) electrons. The van der Waals surface area contributed by atoms with Gasteiger partial charge in [0, 0.05) is 53.0 Å². The summed E-state index contributed by atoms with van der Waals surface area (Å²) in [5.41, 5.74) is 0.00254. The normalized spacial score (nSPS) is 16.2. The quantitative estimate of drug-likeness (QED) is 0.218. The van der Waals surface area contributed by atoms with E-state index in [0.717, 1.165) is 6.42 Å². The van der Waals surface area contributed by atoms with Gasteiger partial charge in [0.2, 0.25) is 5.91 Å². The summed E-state index contributed by atoms with van der Waals surface area (Å²) in [6, 6.07) is 3.85.